The van der Waals surface area contributed by atoms with Crippen molar-refractivity contribution in [2.24, 2.45) is 4.99 Å². The molecule has 0 amide bonds. The Morgan fingerprint density at radius 2 is 1.80 bits per heavy atom. The first-order chi connectivity index (χ1) is 7.33. The highest BCUT2D eigenvalue weighted by Gasteiger charge is 1.94. The van der Waals surface area contributed by atoms with E-state index in [0.29, 0.717) is 10.7 Å². The van der Waals surface area contributed by atoms with Gasteiger partial charge < -0.3 is 4.74 Å². The van der Waals surface area contributed by atoms with Gasteiger partial charge in [-0.15, -0.1) is 0 Å². The summed E-state index contributed by atoms with van der Waals surface area (Å²) < 4.78 is 4.94. The highest BCUT2D eigenvalue weighted by Crippen LogP contribution is 2.14. The second kappa shape index (κ2) is 7.18. The predicted molar refractivity (Wildman–Crippen MR) is 59.3 cm³/mol. The quantitative estimate of drug-likeness (QED) is 0.544. The van der Waals surface area contributed by atoms with Crippen LogP contribution in [-0.2, 0) is 9.53 Å². The van der Waals surface area contributed by atoms with E-state index in [1.165, 1.54) is 18.9 Å². The van der Waals surface area contributed by atoms with Crippen molar-refractivity contribution >= 4 is 23.4 Å². The van der Waals surface area contributed by atoms with Crippen LogP contribution in [0.5, 0.6) is 0 Å². The van der Waals surface area contributed by atoms with Crippen molar-refractivity contribution in [1.82, 2.24) is 0 Å². The van der Waals surface area contributed by atoms with Crippen molar-refractivity contribution in [3.63, 3.8) is 0 Å². The number of ether oxygens (including phenoxy) is 1. The lowest BCUT2D eigenvalue weighted by atomic mass is 10.3. The van der Waals surface area contributed by atoms with Gasteiger partial charge in [-0.2, -0.15) is 4.99 Å². The van der Waals surface area contributed by atoms with Gasteiger partial charge in [0.15, 0.2) is 0 Å². The third-order valence-corrected chi connectivity index (χ3v) is 2.08. The van der Waals surface area contributed by atoms with Gasteiger partial charge >= 0.3 is 0 Å². The van der Waals surface area contributed by atoms with Gasteiger partial charge in [0.25, 0.3) is 0 Å². The molecule has 1 heterocycles. The number of hydrogen-bond donors (Lipinski definition) is 0. The lowest BCUT2D eigenvalue weighted by Crippen LogP contribution is -1.74. The van der Waals surface area contributed by atoms with E-state index in [1.54, 1.807) is 24.3 Å². The van der Waals surface area contributed by atoms with Crippen LogP contribution in [0.4, 0.5) is 5.69 Å². The van der Waals surface area contributed by atoms with Gasteiger partial charge in [-0.25, -0.2) is 4.79 Å². The molecule has 1 saturated heterocycles. The van der Waals surface area contributed by atoms with Crippen molar-refractivity contribution < 1.29 is 9.53 Å². The fourth-order valence-corrected chi connectivity index (χ4v) is 1.20. The van der Waals surface area contributed by atoms with Gasteiger partial charge in [-0.05, 0) is 37.1 Å². The Kier molecular flexibility index (Phi) is 5.71. The summed E-state index contributed by atoms with van der Waals surface area (Å²) in [6, 6.07) is 6.62. The average Bonchev–Trinajstić information content (AvgIpc) is 2.80. The van der Waals surface area contributed by atoms with Crippen LogP contribution in [0.2, 0.25) is 5.02 Å². The summed E-state index contributed by atoms with van der Waals surface area (Å²) in [5, 5.41) is 0.629. The topological polar surface area (TPSA) is 38.7 Å². The summed E-state index contributed by atoms with van der Waals surface area (Å²) in [7, 11) is 0. The van der Waals surface area contributed by atoms with Crippen molar-refractivity contribution in [2.75, 3.05) is 13.2 Å². The van der Waals surface area contributed by atoms with E-state index >= 15 is 0 Å². The van der Waals surface area contributed by atoms with Gasteiger partial charge in [0.1, 0.15) is 0 Å². The number of aliphatic imine (C=N–C) groups is 1. The molecule has 80 valence electrons. The summed E-state index contributed by atoms with van der Waals surface area (Å²) in [4.78, 5) is 13.1. The van der Waals surface area contributed by atoms with Crippen LogP contribution < -0.4 is 0 Å². The predicted octanol–water partition coefficient (Wildman–Crippen LogP) is 3.10. The van der Waals surface area contributed by atoms with Gasteiger partial charge in [0.2, 0.25) is 6.08 Å². The Balaban J connectivity index is 0.000000187. The molecule has 0 unspecified atom stereocenters. The van der Waals surface area contributed by atoms with Gasteiger partial charge in [-0.1, -0.05) is 11.6 Å². The van der Waals surface area contributed by atoms with Crippen molar-refractivity contribution in [3.8, 4) is 0 Å². The maximum Gasteiger partial charge on any atom is 0.240 e. The van der Waals surface area contributed by atoms with Crippen LogP contribution in [-0.4, -0.2) is 19.3 Å². The van der Waals surface area contributed by atoms with E-state index in [9.17, 15) is 4.79 Å². The number of rotatable bonds is 1. The molecular formula is C11H12ClNO2. The van der Waals surface area contributed by atoms with Crippen LogP contribution in [0, 0.1) is 0 Å². The third-order valence-electron chi connectivity index (χ3n) is 1.83. The molecule has 0 spiro atoms. The molecule has 15 heavy (non-hydrogen) atoms. The lowest BCUT2D eigenvalue weighted by Gasteiger charge is -1.88. The minimum absolute atomic E-state index is 0.569. The standard InChI is InChI=1S/C7H4ClNO.C4H8O/c8-6-1-3-7(4-2-6)9-5-10;1-2-4-5-3-1/h1-4H;1-4H2. The zero-order valence-electron chi connectivity index (χ0n) is 8.28. The monoisotopic (exact) mass is 225 g/mol. The van der Waals surface area contributed by atoms with Crippen LogP contribution in [0.15, 0.2) is 29.3 Å². The van der Waals surface area contributed by atoms with Crippen molar-refractivity contribution in [1.29, 1.82) is 0 Å². The summed E-state index contributed by atoms with van der Waals surface area (Å²) >= 11 is 5.57. The largest absolute Gasteiger partial charge is 0.381 e. The van der Waals surface area contributed by atoms with E-state index in [-0.39, 0.29) is 0 Å². The molecule has 1 aromatic rings. The molecular weight excluding hydrogens is 214 g/mol. The Bertz CT molecular complexity index is 319. The Hall–Kier alpha value is -1.15. The number of carbonyl (C=O) groups excluding carboxylic acids is 1. The van der Waals surface area contributed by atoms with Crippen molar-refractivity contribution in [3.05, 3.63) is 29.3 Å². The molecule has 0 saturated carbocycles. The first kappa shape index (κ1) is 11.9. The van der Waals surface area contributed by atoms with Crippen LogP contribution in [0.3, 0.4) is 0 Å². The number of isocyanates is 1. The average molecular weight is 226 g/mol. The van der Waals surface area contributed by atoms with Crippen molar-refractivity contribution in [2.45, 2.75) is 12.8 Å². The fourth-order valence-electron chi connectivity index (χ4n) is 1.08. The Labute approximate surface area is 93.7 Å². The summed E-state index contributed by atoms with van der Waals surface area (Å²) in [6.07, 6.45) is 3.99. The maximum absolute atomic E-state index is 9.73. The maximum atomic E-state index is 9.73. The van der Waals surface area contributed by atoms with E-state index in [1.807, 2.05) is 0 Å². The van der Waals surface area contributed by atoms with E-state index in [4.69, 9.17) is 16.3 Å². The third kappa shape index (κ3) is 5.33. The summed E-state index contributed by atoms with van der Waals surface area (Å²) in [5.74, 6) is 0. The van der Waals surface area contributed by atoms with E-state index in [2.05, 4.69) is 4.99 Å². The Morgan fingerprint density at radius 1 is 1.20 bits per heavy atom. The zero-order chi connectivity index (χ0) is 10.9. The minimum atomic E-state index is 0.569. The molecule has 0 N–H and O–H groups in total. The van der Waals surface area contributed by atoms with Crippen LogP contribution in [0.1, 0.15) is 12.8 Å². The second-order valence-electron chi connectivity index (χ2n) is 3.00. The molecule has 1 aliphatic heterocycles. The first-order valence-corrected chi connectivity index (χ1v) is 5.12. The summed E-state index contributed by atoms with van der Waals surface area (Å²) in [6.45, 7) is 2.00. The molecule has 1 fully saturated rings. The molecule has 0 atom stereocenters. The molecule has 3 nitrogen and oxygen atoms in total. The molecule has 2 rings (SSSR count). The number of hydrogen-bond acceptors (Lipinski definition) is 3. The first-order valence-electron chi connectivity index (χ1n) is 4.74. The highest BCUT2D eigenvalue weighted by molar-refractivity contribution is 6.30. The molecule has 0 bridgehead atoms. The number of halogens is 1. The molecule has 0 aromatic heterocycles. The molecule has 4 heteroatoms. The van der Waals surface area contributed by atoms with Gasteiger partial charge in [0, 0.05) is 18.2 Å². The van der Waals surface area contributed by atoms with Crippen LogP contribution in [0.25, 0.3) is 0 Å². The molecule has 0 aliphatic carbocycles. The SMILES string of the molecule is C1CCOC1.O=C=Nc1ccc(Cl)cc1. The van der Waals surface area contributed by atoms with Gasteiger partial charge in [-0.3, -0.25) is 0 Å². The molecule has 1 aromatic carbocycles. The number of nitrogens with zero attached hydrogens (tertiary/aromatic N) is 1. The second-order valence-corrected chi connectivity index (χ2v) is 3.44. The fraction of sp³-hybridized carbons (Fsp3) is 0.364. The molecule has 1 aliphatic rings. The van der Waals surface area contributed by atoms with Gasteiger partial charge in [0.05, 0.1) is 5.69 Å². The van der Waals surface area contributed by atoms with Crippen LogP contribution >= 0.6 is 11.6 Å². The number of benzene rings is 1. The lowest BCUT2D eigenvalue weighted by molar-refractivity contribution is 0.198. The normalized spacial score (nSPS) is 13.7. The van der Waals surface area contributed by atoms with E-state index < -0.39 is 0 Å². The zero-order valence-corrected chi connectivity index (χ0v) is 9.04. The smallest absolute Gasteiger partial charge is 0.240 e. The molecule has 0 radical (unpaired) electrons. The van der Waals surface area contributed by atoms with E-state index in [0.717, 1.165) is 13.2 Å². The Morgan fingerprint density at radius 3 is 2.20 bits per heavy atom. The minimum Gasteiger partial charge on any atom is -0.381 e. The highest BCUT2D eigenvalue weighted by atomic mass is 35.5. The summed E-state index contributed by atoms with van der Waals surface area (Å²) in [5.41, 5.74) is 0.569.